The van der Waals surface area contributed by atoms with Gasteiger partial charge in [0.2, 0.25) is 5.91 Å². The number of fused-ring (bicyclic) bond motifs is 2. The minimum atomic E-state index is -1.32. The number of aromatic carboxylic acids is 1. The second kappa shape index (κ2) is 25.8. The monoisotopic (exact) mass is 948 g/mol. The van der Waals surface area contributed by atoms with Crippen LogP contribution < -0.4 is 74.3 Å². The quantitative estimate of drug-likeness (QED) is 0.0789. The summed E-state index contributed by atoms with van der Waals surface area (Å²) in [6.45, 7) is 2.62. The van der Waals surface area contributed by atoms with Crippen molar-refractivity contribution in [1.29, 1.82) is 0 Å². The molecule has 0 aromatic heterocycles. The van der Waals surface area contributed by atoms with Crippen LogP contribution in [0, 0.1) is 11.8 Å². The second-order valence-corrected chi connectivity index (χ2v) is 15.9. The summed E-state index contributed by atoms with van der Waals surface area (Å²) < 4.78 is 37.4. The van der Waals surface area contributed by atoms with Crippen LogP contribution in [0.3, 0.4) is 0 Å². The SMILES string of the molecule is CO[C@@H]1OC(COCC(=O)Nc2ccc(Oc3ccc4c(c3)CC3=CC(=O)C=CC3=C4c3ccccc3C(=O)O)cc2)[C@@H](C)[C@H](O)C1O.CO[C@@H]1OC(COCC(=O)[O-])[C@@H](C)[C@H](O)C1O.[Na+].[Na+]. The number of nitrogens with one attached hydrogen (secondary N) is 1. The minimum Gasteiger partial charge on any atom is -0.548 e. The summed E-state index contributed by atoms with van der Waals surface area (Å²) in [6, 6.07) is 19.2. The molecule has 18 nitrogen and oxygen atoms in total. The number of hydrogen-bond acceptors (Lipinski definition) is 16. The van der Waals surface area contributed by atoms with Crippen LogP contribution in [0.15, 0.2) is 96.1 Å². The Kier molecular flexibility index (Phi) is 21.6. The number of rotatable bonds is 15. The summed E-state index contributed by atoms with van der Waals surface area (Å²) in [5.41, 5.74) is 5.40. The number of allylic oxidation sites excluding steroid dienone is 5. The molecule has 1 amide bonds. The van der Waals surface area contributed by atoms with Crippen LogP contribution in [0.1, 0.15) is 40.9 Å². The van der Waals surface area contributed by atoms with Crippen LogP contribution in [0.4, 0.5) is 5.69 Å². The average molecular weight is 949 g/mol. The first kappa shape index (κ1) is 56.0. The number of hydrogen-bond donors (Lipinski definition) is 6. The Labute approximate surface area is 431 Å². The maximum Gasteiger partial charge on any atom is 1.00 e. The Balaban J connectivity index is 0.000000438. The van der Waals surface area contributed by atoms with E-state index in [1.165, 1.54) is 20.3 Å². The summed E-state index contributed by atoms with van der Waals surface area (Å²) >= 11 is 0. The zero-order valence-electron chi connectivity index (χ0n) is 38.0. The number of carbonyl (C=O) groups is 4. The van der Waals surface area contributed by atoms with Gasteiger partial charge in [0.15, 0.2) is 18.4 Å². The fourth-order valence-corrected chi connectivity index (χ4v) is 7.89. The van der Waals surface area contributed by atoms with Gasteiger partial charge in [0.1, 0.15) is 30.3 Å². The zero-order valence-corrected chi connectivity index (χ0v) is 42.0. The summed E-state index contributed by atoms with van der Waals surface area (Å²) in [5, 5.41) is 62.4. The maximum atomic E-state index is 12.5. The van der Waals surface area contributed by atoms with E-state index in [1.54, 1.807) is 74.5 Å². The van der Waals surface area contributed by atoms with Gasteiger partial charge in [-0.1, -0.05) is 44.2 Å². The molecule has 10 atom stereocenters. The first-order valence-electron chi connectivity index (χ1n) is 20.7. The van der Waals surface area contributed by atoms with Crippen molar-refractivity contribution >= 4 is 34.9 Å². The summed E-state index contributed by atoms with van der Waals surface area (Å²) in [4.78, 5) is 47.0. The molecule has 2 saturated heterocycles. The standard InChI is InChI=1S/C37H35NO10.C10H18O7.2Na/c1-20-31(48-37(45-2)35(42)34(20)41)18-46-19-32(40)38-23-7-10-25(11-8-23)47-26-12-14-28-22(17-26)15-21-16-24(39)9-13-27(21)33(28)29-5-3-4-6-30(29)36(43)44;1-5-6(3-16-4-7(11)12)17-10(15-2)9(14)8(5)13;;/h3-14,16-17,20,31,34-35,37,41-42H,15,18-19H2,1-2H3,(H,38,40)(H,43,44);5-6,8-10,13-14H,3-4H2,1-2H3,(H,11,12);;/q;;2*+1/p-1/t20-,31?,34+,35?,37-;5-,6?,8+,9?,10-;;/m11../s1. The molecule has 3 aromatic carbocycles. The first-order chi connectivity index (χ1) is 31.1. The molecule has 348 valence electrons. The Hall–Kier alpha value is -3.64. The van der Waals surface area contributed by atoms with Crippen molar-refractivity contribution in [3.05, 3.63) is 118 Å². The molecule has 3 aromatic rings. The number of ketones is 1. The third kappa shape index (κ3) is 14.0. The van der Waals surface area contributed by atoms with Crippen molar-refractivity contribution in [2.45, 2.75) is 69.5 Å². The molecule has 2 aliphatic heterocycles. The van der Waals surface area contributed by atoms with Gasteiger partial charge in [-0.05, 0) is 94.4 Å². The number of aliphatic hydroxyl groups excluding tert-OH is 4. The molecule has 6 N–H and O–H groups in total. The molecule has 7 rings (SSSR count). The Morgan fingerprint density at radius 3 is 1.88 bits per heavy atom. The van der Waals surface area contributed by atoms with Crippen molar-refractivity contribution in [2.75, 3.05) is 46.0 Å². The van der Waals surface area contributed by atoms with Gasteiger partial charge in [-0.2, -0.15) is 0 Å². The number of aliphatic carboxylic acids is 1. The van der Waals surface area contributed by atoms with E-state index >= 15 is 0 Å². The number of carboxylic acids is 2. The molecule has 2 fully saturated rings. The van der Waals surface area contributed by atoms with E-state index in [0.717, 1.165) is 27.8 Å². The summed E-state index contributed by atoms with van der Waals surface area (Å²) in [7, 11) is 2.71. The average Bonchev–Trinajstić information content (AvgIpc) is 3.28. The number of amides is 1. The fraction of sp³-hybridized carbons (Fsp3) is 0.404. The third-order valence-corrected chi connectivity index (χ3v) is 11.5. The molecular weight excluding hydrogens is 896 g/mol. The van der Waals surface area contributed by atoms with E-state index in [2.05, 4.69) is 5.32 Å². The number of carbonyl (C=O) groups excluding carboxylic acids is 3. The normalized spacial score (nSPS) is 26.3. The van der Waals surface area contributed by atoms with Crippen molar-refractivity contribution in [3.8, 4) is 11.5 Å². The molecule has 4 aliphatic rings. The topological polar surface area (TPSA) is 269 Å². The van der Waals surface area contributed by atoms with Crippen LogP contribution in [-0.2, 0) is 49.2 Å². The van der Waals surface area contributed by atoms with E-state index in [-0.39, 0.29) is 96.2 Å². The number of ether oxygens (including phenoxy) is 7. The molecule has 20 heteroatoms. The third-order valence-electron chi connectivity index (χ3n) is 11.5. The molecule has 4 unspecified atom stereocenters. The number of anilines is 1. The van der Waals surface area contributed by atoms with Crippen LogP contribution in [0.5, 0.6) is 11.5 Å². The number of benzene rings is 3. The largest absolute Gasteiger partial charge is 1.00 e. The molecule has 0 bridgehead atoms. The van der Waals surface area contributed by atoms with E-state index < -0.39 is 79.6 Å². The number of methoxy groups -OCH3 is 2. The van der Waals surface area contributed by atoms with Gasteiger partial charge in [0.05, 0.1) is 55.8 Å². The molecule has 0 radical (unpaired) electrons. The minimum absolute atomic E-state index is 0. The first-order valence-corrected chi connectivity index (χ1v) is 20.7. The maximum absolute atomic E-state index is 12.5. The van der Waals surface area contributed by atoms with E-state index in [9.17, 15) is 49.8 Å². The smallest absolute Gasteiger partial charge is 0.548 e. The fourth-order valence-electron chi connectivity index (χ4n) is 7.89. The van der Waals surface area contributed by atoms with Gasteiger partial charge in [-0.3, -0.25) is 9.59 Å². The van der Waals surface area contributed by atoms with Crippen LogP contribution >= 0.6 is 0 Å². The number of aliphatic hydroxyl groups is 4. The predicted molar refractivity (Wildman–Crippen MR) is 227 cm³/mol. The predicted octanol–water partition coefficient (Wildman–Crippen LogP) is -4.23. The van der Waals surface area contributed by atoms with E-state index in [1.807, 2.05) is 18.2 Å². The molecular formula is C47H52NNa2O17+. The van der Waals surface area contributed by atoms with E-state index in [4.69, 9.17) is 33.2 Å². The molecule has 0 saturated carbocycles. The molecule has 2 heterocycles. The molecule has 2 aliphatic carbocycles. The van der Waals surface area contributed by atoms with Gasteiger partial charge in [-0.25, -0.2) is 4.79 Å². The van der Waals surface area contributed by atoms with Gasteiger partial charge in [-0.15, -0.1) is 0 Å². The van der Waals surface area contributed by atoms with Gasteiger partial charge in [0.25, 0.3) is 0 Å². The summed E-state index contributed by atoms with van der Waals surface area (Å²) in [6.07, 6.45) is -2.09. The number of carboxylic acid groups (broad SMARTS) is 2. The molecule has 0 spiro atoms. The van der Waals surface area contributed by atoms with Crippen molar-refractivity contribution in [1.82, 2.24) is 0 Å². The van der Waals surface area contributed by atoms with Crippen LogP contribution in [0.2, 0.25) is 0 Å². The van der Waals surface area contributed by atoms with Gasteiger partial charge < -0.3 is 73.9 Å². The Morgan fingerprint density at radius 1 is 0.746 bits per heavy atom. The van der Waals surface area contributed by atoms with E-state index in [0.29, 0.717) is 29.2 Å². The Morgan fingerprint density at radius 2 is 1.31 bits per heavy atom. The van der Waals surface area contributed by atoms with Crippen LogP contribution in [0.25, 0.3) is 5.57 Å². The second-order valence-electron chi connectivity index (χ2n) is 15.9. The van der Waals surface area contributed by atoms with Gasteiger partial charge >= 0.3 is 65.1 Å². The molecule has 67 heavy (non-hydrogen) atoms. The summed E-state index contributed by atoms with van der Waals surface area (Å²) in [5.74, 6) is -2.60. The zero-order chi connectivity index (χ0) is 46.9. The van der Waals surface area contributed by atoms with Crippen LogP contribution in [-0.4, -0.2) is 139 Å². The van der Waals surface area contributed by atoms with Crippen molar-refractivity contribution in [3.63, 3.8) is 0 Å². The van der Waals surface area contributed by atoms with Crippen molar-refractivity contribution < 1.29 is 142 Å². The van der Waals surface area contributed by atoms with Gasteiger partial charge in [0, 0.05) is 31.7 Å². The Bertz CT molecular complexity index is 2300. The van der Waals surface area contributed by atoms with Crippen molar-refractivity contribution in [2.24, 2.45) is 11.8 Å².